The fourth-order valence-corrected chi connectivity index (χ4v) is 4.01. The van der Waals surface area contributed by atoms with E-state index >= 15 is 0 Å². The smallest absolute Gasteiger partial charge is 0.223 e. The minimum Gasteiger partial charge on any atom is -0.317 e. The van der Waals surface area contributed by atoms with Crippen LogP contribution in [0, 0.1) is 3.57 Å². The zero-order valence-electron chi connectivity index (χ0n) is 10.7. The molecular weight excluding hydrogens is 339 g/mol. The van der Waals surface area contributed by atoms with Gasteiger partial charge in [-0.15, -0.1) is 0 Å². The molecule has 0 spiro atoms. The van der Waals surface area contributed by atoms with Crippen molar-refractivity contribution >= 4 is 34.2 Å². The molecule has 1 heterocycles. The van der Waals surface area contributed by atoms with Crippen LogP contribution in [0.2, 0.25) is 0 Å². The van der Waals surface area contributed by atoms with Crippen molar-refractivity contribution in [2.24, 2.45) is 0 Å². The number of amides is 1. The highest BCUT2D eigenvalue weighted by Gasteiger charge is 2.38. The lowest BCUT2D eigenvalue weighted by atomic mass is 9.81. The van der Waals surface area contributed by atoms with Crippen molar-refractivity contribution in [1.82, 2.24) is 5.32 Å². The highest BCUT2D eigenvalue weighted by Crippen LogP contribution is 2.45. The number of hydrogen-bond acceptors (Lipinski definition) is 2. The van der Waals surface area contributed by atoms with E-state index in [-0.39, 0.29) is 5.91 Å². The molecule has 1 amide bonds. The summed E-state index contributed by atoms with van der Waals surface area (Å²) in [6.45, 7) is 2.52. The van der Waals surface area contributed by atoms with Gasteiger partial charge in [-0.3, -0.25) is 4.79 Å². The van der Waals surface area contributed by atoms with Crippen LogP contribution in [0.4, 0.5) is 5.69 Å². The lowest BCUT2D eigenvalue weighted by Gasteiger charge is -2.28. The first-order chi connectivity index (χ1) is 8.61. The topological polar surface area (TPSA) is 32.3 Å². The van der Waals surface area contributed by atoms with Gasteiger partial charge in [0.25, 0.3) is 0 Å². The molecule has 0 saturated carbocycles. The van der Waals surface area contributed by atoms with Crippen molar-refractivity contribution in [3.63, 3.8) is 0 Å². The van der Waals surface area contributed by atoms with Gasteiger partial charge in [0.05, 0.1) is 0 Å². The van der Waals surface area contributed by atoms with Crippen LogP contribution in [0.5, 0.6) is 0 Å². The molecule has 0 radical (unpaired) electrons. The summed E-state index contributed by atoms with van der Waals surface area (Å²) in [4.78, 5) is 13.7. The molecule has 1 aliphatic carbocycles. The zero-order valence-corrected chi connectivity index (χ0v) is 12.8. The Morgan fingerprint density at radius 2 is 2.28 bits per heavy atom. The molecule has 0 aromatic heterocycles. The van der Waals surface area contributed by atoms with Crippen molar-refractivity contribution in [2.75, 3.05) is 18.5 Å². The number of carbonyl (C=O) groups is 1. The fraction of sp³-hybridized carbons (Fsp3) is 0.500. The predicted molar refractivity (Wildman–Crippen MR) is 81.1 cm³/mol. The van der Waals surface area contributed by atoms with Crippen LogP contribution in [-0.4, -0.2) is 25.5 Å². The number of halogens is 1. The van der Waals surface area contributed by atoms with Crippen molar-refractivity contribution in [3.05, 3.63) is 26.8 Å². The van der Waals surface area contributed by atoms with Crippen LogP contribution in [0.1, 0.15) is 30.4 Å². The summed E-state index contributed by atoms with van der Waals surface area (Å²) >= 11 is 2.42. The van der Waals surface area contributed by atoms with Gasteiger partial charge in [-0.05, 0) is 65.7 Å². The minimum absolute atomic E-state index is 0.161. The number of hydrogen-bond donors (Lipinski definition) is 1. The van der Waals surface area contributed by atoms with Gasteiger partial charge in [0, 0.05) is 34.7 Å². The third-order valence-corrected chi connectivity index (χ3v) is 5.20. The third-order valence-electron chi connectivity index (χ3n) is 4.19. The Hall–Kier alpha value is -0.620. The number of likely N-dealkylation sites (N-methyl/N-ethyl adjacent to an activating group) is 1. The number of rotatable bonds is 1. The summed E-state index contributed by atoms with van der Waals surface area (Å²) in [6.07, 6.45) is 2.22. The van der Waals surface area contributed by atoms with Gasteiger partial charge in [0.15, 0.2) is 0 Å². The summed E-state index contributed by atoms with van der Waals surface area (Å²) in [6, 6.07) is 4.80. The van der Waals surface area contributed by atoms with Gasteiger partial charge in [0.1, 0.15) is 0 Å². The zero-order chi connectivity index (χ0) is 12.9. The third kappa shape index (κ3) is 1.77. The predicted octanol–water partition coefficient (Wildman–Crippen LogP) is 2.28. The van der Waals surface area contributed by atoms with Crippen LogP contribution < -0.4 is 10.2 Å². The maximum absolute atomic E-state index is 11.7. The van der Waals surface area contributed by atoms with Crippen molar-refractivity contribution in [3.8, 4) is 0 Å². The summed E-state index contributed by atoms with van der Waals surface area (Å²) in [5, 5.41) is 3.40. The van der Waals surface area contributed by atoms with E-state index in [9.17, 15) is 4.79 Å². The molecule has 1 aliphatic heterocycles. The monoisotopic (exact) mass is 356 g/mol. The molecule has 1 aromatic rings. The first kappa shape index (κ1) is 12.4. The number of anilines is 1. The normalized spacial score (nSPS) is 25.2. The minimum atomic E-state index is 0.161. The summed E-state index contributed by atoms with van der Waals surface area (Å²) in [5.74, 6) is 0.675. The number of carbonyl (C=O) groups excluding carboxylic acids is 1. The van der Waals surface area contributed by atoms with Crippen molar-refractivity contribution in [1.29, 1.82) is 0 Å². The maximum Gasteiger partial charge on any atom is 0.223 e. The lowest BCUT2D eigenvalue weighted by Crippen LogP contribution is -2.34. The van der Waals surface area contributed by atoms with Crippen LogP contribution in [0.3, 0.4) is 0 Å². The van der Waals surface area contributed by atoms with Crippen LogP contribution >= 0.6 is 22.6 Å². The Bertz CT molecular complexity index is 515. The van der Waals surface area contributed by atoms with Gasteiger partial charge in [0.2, 0.25) is 5.91 Å². The molecule has 2 aliphatic rings. The van der Waals surface area contributed by atoms with Crippen LogP contribution in [-0.2, 0) is 11.2 Å². The standard InChI is InChI=1S/C14H17IN2O/c1-8(18)17-7-9-5-10(16-2)6-11-12(15)3-4-13(17)14(9)11/h3-4,9-10,16H,5-7H2,1-2H3. The van der Waals surface area contributed by atoms with E-state index in [2.05, 4.69) is 40.0 Å². The molecule has 3 rings (SSSR count). The molecule has 1 aromatic carbocycles. The second-order valence-electron chi connectivity index (χ2n) is 5.21. The number of nitrogens with one attached hydrogen (secondary N) is 1. The molecule has 3 nitrogen and oxygen atoms in total. The van der Waals surface area contributed by atoms with Crippen LogP contribution in [0.15, 0.2) is 12.1 Å². The van der Waals surface area contributed by atoms with E-state index < -0.39 is 0 Å². The average molecular weight is 356 g/mol. The number of benzene rings is 1. The van der Waals surface area contributed by atoms with Gasteiger partial charge >= 0.3 is 0 Å². The van der Waals surface area contributed by atoms with E-state index in [1.807, 2.05) is 11.9 Å². The molecule has 1 N–H and O–H groups in total. The Balaban J connectivity index is 2.12. The van der Waals surface area contributed by atoms with Crippen LogP contribution in [0.25, 0.3) is 0 Å². The summed E-state index contributed by atoms with van der Waals surface area (Å²) < 4.78 is 1.33. The van der Waals surface area contributed by atoms with E-state index in [1.165, 1.54) is 14.7 Å². The molecule has 0 fully saturated rings. The molecule has 4 heteroatoms. The van der Waals surface area contributed by atoms with E-state index in [0.717, 1.165) is 25.1 Å². The fourth-order valence-electron chi connectivity index (χ4n) is 3.32. The largest absolute Gasteiger partial charge is 0.317 e. The second kappa shape index (κ2) is 4.49. The van der Waals surface area contributed by atoms with Gasteiger partial charge in [-0.25, -0.2) is 0 Å². The molecule has 0 bridgehead atoms. The van der Waals surface area contributed by atoms with E-state index in [0.29, 0.717) is 12.0 Å². The Morgan fingerprint density at radius 3 is 2.94 bits per heavy atom. The average Bonchev–Trinajstić information content (AvgIpc) is 2.73. The summed E-state index contributed by atoms with van der Waals surface area (Å²) in [5.41, 5.74) is 4.04. The Kier molecular flexibility index (Phi) is 3.10. The van der Waals surface area contributed by atoms with E-state index in [1.54, 1.807) is 6.92 Å². The molecule has 2 atom stereocenters. The van der Waals surface area contributed by atoms with Gasteiger partial charge in [-0.1, -0.05) is 0 Å². The second-order valence-corrected chi connectivity index (χ2v) is 6.37. The lowest BCUT2D eigenvalue weighted by molar-refractivity contribution is -0.116. The molecule has 18 heavy (non-hydrogen) atoms. The molecule has 0 saturated heterocycles. The summed E-state index contributed by atoms with van der Waals surface area (Å²) in [7, 11) is 2.03. The van der Waals surface area contributed by atoms with Crippen molar-refractivity contribution < 1.29 is 4.79 Å². The molecular formula is C14H17IN2O. The maximum atomic E-state index is 11.7. The van der Waals surface area contributed by atoms with E-state index in [4.69, 9.17) is 0 Å². The van der Waals surface area contributed by atoms with Crippen molar-refractivity contribution in [2.45, 2.75) is 31.7 Å². The first-order valence-electron chi connectivity index (χ1n) is 6.38. The highest BCUT2D eigenvalue weighted by molar-refractivity contribution is 14.1. The van der Waals surface area contributed by atoms with Gasteiger partial charge in [-0.2, -0.15) is 0 Å². The Morgan fingerprint density at radius 1 is 1.50 bits per heavy atom. The highest BCUT2D eigenvalue weighted by atomic mass is 127. The Labute approximate surface area is 121 Å². The molecule has 96 valence electrons. The molecule has 2 unspecified atom stereocenters. The SMILES string of the molecule is CNC1Cc2c(I)ccc3c2C(C1)CN3C(C)=O. The number of nitrogens with zero attached hydrogens (tertiary/aromatic N) is 1. The quantitative estimate of drug-likeness (QED) is 0.783. The van der Waals surface area contributed by atoms with Gasteiger partial charge < -0.3 is 10.2 Å². The first-order valence-corrected chi connectivity index (χ1v) is 7.46.